The SMILES string of the molecule is COCCN(CCC(=O)OC)C(=O)c1cc(F)ccc1F. The maximum atomic E-state index is 13.6. The molecule has 0 unspecified atom stereocenters. The van der Waals surface area contributed by atoms with E-state index < -0.39 is 23.5 Å². The van der Waals surface area contributed by atoms with E-state index in [1.165, 1.54) is 19.1 Å². The van der Waals surface area contributed by atoms with Crippen LogP contribution in [0.15, 0.2) is 18.2 Å². The van der Waals surface area contributed by atoms with Gasteiger partial charge in [-0.25, -0.2) is 8.78 Å². The average molecular weight is 301 g/mol. The van der Waals surface area contributed by atoms with Gasteiger partial charge < -0.3 is 14.4 Å². The molecule has 0 aliphatic heterocycles. The van der Waals surface area contributed by atoms with Gasteiger partial charge in [0.2, 0.25) is 0 Å². The van der Waals surface area contributed by atoms with Gasteiger partial charge in [-0.2, -0.15) is 0 Å². The quantitative estimate of drug-likeness (QED) is 0.718. The smallest absolute Gasteiger partial charge is 0.307 e. The lowest BCUT2D eigenvalue weighted by molar-refractivity contribution is -0.140. The molecule has 0 N–H and O–H groups in total. The molecule has 5 nitrogen and oxygen atoms in total. The molecular weight excluding hydrogens is 284 g/mol. The molecule has 0 saturated carbocycles. The average Bonchev–Trinajstić information content (AvgIpc) is 2.48. The molecule has 1 aromatic rings. The Balaban J connectivity index is 2.87. The summed E-state index contributed by atoms with van der Waals surface area (Å²) in [5.74, 6) is -2.72. The number of carbonyl (C=O) groups excluding carboxylic acids is 2. The fraction of sp³-hybridized carbons (Fsp3) is 0.429. The maximum Gasteiger partial charge on any atom is 0.307 e. The van der Waals surface area contributed by atoms with Gasteiger partial charge in [0.05, 0.1) is 25.7 Å². The van der Waals surface area contributed by atoms with Gasteiger partial charge >= 0.3 is 5.97 Å². The lowest BCUT2D eigenvalue weighted by Gasteiger charge is -2.22. The number of amides is 1. The standard InChI is InChI=1S/C14H17F2NO4/c1-20-8-7-17(6-5-13(18)21-2)14(19)11-9-10(15)3-4-12(11)16/h3-4,9H,5-8H2,1-2H3. The zero-order chi connectivity index (χ0) is 15.8. The van der Waals surface area contributed by atoms with E-state index in [0.717, 1.165) is 18.2 Å². The van der Waals surface area contributed by atoms with E-state index in [1.54, 1.807) is 0 Å². The molecule has 0 saturated heterocycles. The minimum Gasteiger partial charge on any atom is -0.469 e. The second-order valence-electron chi connectivity index (χ2n) is 4.24. The topological polar surface area (TPSA) is 55.8 Å². The van der Waals surface area contributed by atoms with Gasteiger partial charge in [0.15, 0.2) is 0 Å². The van der Waals surface area contributed by atoms with Crippen LogP contribution >= 0.6 is 0 Å². The van der Waals surface area contributed by atoms with Crippen LogP contribution in [0.25, 0.3) is 0 Å². The molecule has 116 valence electrons. The molecule has 1 aromatic carbocycles. The molecule has 0 radical (unpaired) electrons. The molecule has 0 bridgehead atoms. The number of methoxy groups -OCH3 is 2. The number of ether oxygens (including phenoxy) is 2. The lowest BCUT2D eigenvalue weighted by atomic mass is 10.1. The third kappa shape index (κ3) is 5.11. The number of hydrogen-bond acceptors (Lipinski definition) is 4. The summed E-state index contributed by atoms with van der Waals surface area (Å²) in [5, 5.41) is 0. The highest BCUT2D eigenvalue weighted by molar-refractivity contribution is 5.94. The second-order valence-corrected chi connectivity index (χ2v) is 4.24. The summed E-state index contributed by atoms with van der Waals surface area (Å²) in [6, 6.07) is 2.65. The molecule has 0 spiro atoms. The highest BCUT2D eigenvalue weighted by Crippen LogP contribution is 2.13. The zero-order valence-electron chi connectivity index (χ0n) is 11.9. The molecule has 0 fully saturated rings. The molecule has 0 aromatic heterocycles. The Kier molecular flexibility index (Phi) is 6.74. The summed E-state index contributed by atoms with van der Waals surface area (Å²) in [7, 11) is 2.68. The predicted molar refractivity (Wildman–Crippen MR) is 70.8 cm³/mol. The van der Waals surface area contributed by atoms with Crippen LogP contribution in [0.5, 0.6) is 0 Å². The molecule has 21 heavy (non-hydrogen) atoms. The monoisotopic (exact) mass is 301 g/mol. The summed E-state index contributed by atoms with van der Waals surface area (Å²) in [6.45, 7) is 0.400. The van der Waals surface area contributed by atoms with E-state index in [2.05, 4.69) is 4.74 Å². The van der Waals surface area contributed by atoms with Gasteiger partial charge in [0, 0.05) is 20.2 Å². The van der Waals surface area contributed by atoms with Crippen LogP contribution in [0.1, 0.15) is 16.8 Å². The molecule has 7 heteroatoms. The highest BCUT2D eigenvalue weighted by atomic mass is 19.1. The number of nitrogens with zero attached hydrogens (tertiary/aromatic N) is 1. The van der Waals surface area contributed by atoms with Crippen molar-refractivity contribution in [1.29, 1.82) is 0 Å². The third-order valence-corrected chi connectivity index (χ3v) is 2.82. The van der Waals surface area contributed by atoms with Crippen molar-refractivity contribution in [3.63, 3.8) is 0 Å². The van der Waals surface area contributed by atoms with Crippen molar-refractivity contribution in [1.82, 2.24) is 4.90 Å². The number of halogens is 2. The van der Waals surface area contributed by atoms with Crippen molar-refractivity contribution in [3.05, 3.63) is 35.4 Å². The summed E-state index contributed by atoms with van der Waals surface area (Å²) < 4.78 is 36.1. The van der Waals surface area contributed by atoms with Gasteiger partial charge in [0.1, 0.15) is 11.6 Å². The molecule has 0 aliphatic rings. The van der Waals surface area contributed by atoms with Gasteiger partial charge in [0.25, 0.3) is 5.91 Å². The Bertz CT molecular complexity index is 508. The summed E-state index contributed by atoms with van der Waals surface area (Å²) >= 11 is 0. The first-order valence-corrected chi connectivity index (χ1v) is 6.29. The predicted octanol–water partition coefficient (Wildman–Crippen LogP) is 1.62. The Morgan fingerprint density at radius 3 is 2.52 bits per heavy atom. The Morgan fingerprint density at radius 1 is 1.19 bits per heavy atom. The first-order chi connectivity index (χ1) is 9.99. The van der Waals surface area contributed by atoms with Gasteiger partial charge in [-0.1, -0.05) is 0 Å². The largest absolute Gasteiger partial charge is 0.469 e. The first kappa shape index (κ1) is 17.0. The minimum atomic E-state index is -0.818. The van der Waals surface area contributed by atoms with Crippen molar-refractivity contribution < 1.29 is 27.8 Å². The zero-order valence-corrected chi connectivity index (χ0v) is 11.9. The van der Waals surface area contributed by atoms with Crippen molar-refractivity contribution in [2.45, 2.75) is 6.42 Å². The van der Waals surface area contributed by atoms with Crippen molar-refractivity contribution in [3.8, 4) is 0 Å². The normalized spacial score (nSPS) is 10.3. The number of carbonyl (C=O) groups is 2. The van der Waals surface area contributed by atoms with Crippen LogP contribution in [0.4, 0.5) is 8.78 Å². The fourth-order valence-electron chi connectivity index (χ4n) is 1.68. The van der Waals surface area contributed by atoms with Crippen LogP contribution in [0, 0.1) is 11.6 Å². The minimum absolute atomic E-state index is 0.0326. The fourth-order valence-corrected chi connectivity index (χ4v) is 1.68. The van der Waals surface area contributed by atoms with Crippen molar-refractivity contribution in [2.24, 2.45) is 0 Å². The van der Waals surface area contributed by atoms with Gasteiger partial charge in [-0.15, -0.1) is 0 Å². The number of rotatable bonds is 7. The van der Waals surface area contributed by atoms with E-state index in [0.29, 0.717) is 0 Å². The Morgan fingerprint density at radius 2 is 1.90 bits per heavy atom. The lowest BCUT2D eigenvalue weighted by Crippen LogP contribution is -2.36. The van der Waals surface area contributed by atoms with Crippen LogP contribution in [0.2, 0.25) is 0 Å². The second kappa shape index (κ2) is 8.31. The molecule has 0 heterocycles. The van der Waals surface area contributed by atoms with E-state index in [-0.39, 0.29) is 31.7 Å². The highest BCUT2D eigenvalue weighted by Gasteiger charge is 2.20. The molecule has 0 aliphatic carbocycles. The summed E-state index contributed by atoms with van der Waals surface area (Å²) in [5.41, 5.74) is -0.379. The number of hydrogen-bond donors (Lipinski definition) is 0. The van der Waals surface area contributed by atoms with E-state index >= 15 is 0 Å². The third-order valence-electron chi connectivity index (χ3n) is 2.82. The summed E-state index contributed by atoms with van der Waals surface area (Å²) in [6.07, 6.45) is -0.0388. The first-order valence-electron chi connectivity index (χ1n) is 6.29. The molecular formula is C14H17F2NO4. The van der Waals surface area contributed by atoms with Crippen LogP contribution in [-0.4, -0.2) is 50.7 Å². The summed E-state index contributed by atoms with van der Waals surface area (Å²) in [4.78, 5) is 24.6. The number of esters is 1. The van der Waals surface area contributed by atoms with Crippen LogP contribution in [0.3, 0.4) is 0 Å². The van der Waals surface area contributed by atoms with Crippen LogP contribution in [-0.2, 0) is 14.3 Å². The van der Waals surface area contributed by atoms with E-state index in [4.69, 9.17) is 4.74 Å². The Labute approximate surface area is 121 Å². The van der Waals surface area contributed by atoms with Gasteiger partial charge in [-0.05, 0) is 18.2 Å². The maximum absolute atomic E-state index is 13.6. The molecule has 1 amide bonds. The molecule has 0 atom stereocenters. The van der Waals surface area contributed by atoms with Crippen molar-refractivity contribution in [2.75, 3.05) is 33.9 Å². The van der Waals surface area contributed by atoms with Crippen LogP contribution < -0.4 is 0 Å². The van der Waals surface area contributed by atoms with E-state index in [1.807, 2.05) is 0 Å². The Hall–Kier alpha value is -2.02. The van der Waals surface area contributed by atoms with Crippen molar-refractivity contribution >= 4 is 11.9 Å². The van der Waals surface area contributed by atoms with Gasteiger partial charge in [-0.3, -0.25) is 9.59 Å². The van der Waals surface area contributed by atoms with E-state index in [9.17, 15) is 18.4 Å². The number of benzene rings is 1. The molecule has 1 rings (SSSR count).